The molecule has 17 heavy (non-hydrogen) atoms. The summed E-state index contributed by atoms with van der Waals surface area (Å²) >= 11 is 1.93. The Kier molecular flexibility index (Phi) is 3.73. The van der Waals surface area contributed by atoms with Crippen LogP contribution >= 0.6 is 11.8 Å². The fraction of sp³-hybridized carbons (Fsp3) is 0.455. The van der Waals surface area contributed by atoms with Gasteiger partial charge in [-0.25, -0.2) is 4.98 Å². The monoisotopic (exact) mass is 252 g/mol. The summed E-state index contributed by atoms with van der Waals surface area (Å²) in [4.78, 5) is 15.3. The van der Waals surface area contributed by atoms with Crippen molar-refractivity contribution in [2.45, 2.75) is 18.9 Å². The first-order chi connectivity index (χ1) is 8.16. The van der Waals surface area contributed by atoms with Gasteiger partial charge in [0.1, 0.15) is 5.82 Å². The summed E-state index contributed by atoms with van der Waals surface area (Å²) in [6, 6.07) is 2.03. The van der Waals surface area contributed by atoms with Gasteiger partial charge in [-0.05, 0) is 24.7 Å². The maximum absolute atomic E-state index is 11.1. The van der Waals surface area contributed by atoms with Gasteiger partial charge in [-0.2, -0.15) is 11.8 Å². The SMILES string of the molecule is NC(=O)c1cc(NC2CCCSC2)ncc1N. The smallest absolute Gasteiger partial charge is 0.250 e. The topological polar surface area (TPSA) is 94.0 Å². The second kappa shape index (κ2) is 5.27. The summed E-state index contributed by atoms with van der Waals surface area (Å²) in [7, 11) is 0. The number of pyridine rings is 1. The highest BCUT2D eigenvalue weighted by Crippen LogP contribution is 2.21. The zero-order chi connectivity index (χ0) is 12.3. The Morgan fingerprint density at radius 3 is 3.06 bits per heavy atom. The average Bonchev–Trinajstić information content (AvgIpc) is 2.32. The maximum atomic E-state index is 11.1. The second-order valence-corrected chi connectivity index (χ2v) is 5.23. The number of rotatable bonds is 3. The molecule has 2 rings (SSSR count). The third kappa shape index (κ3) is 3.03. The molecule has 1 fully saturated rings. The van der Waals surface area contributed by atoms with Gasteiger partial charge < -0.3 is 16.8 Å². The molecular weight excluding hydrogens is 236 g/mol. The van der Waals surface area contributed by atoms with E-state index in [1.54, 1.807) is 6.07 Å². The van der Waals surface area contributed by atoms with Crippen molar-refractivity contribution in [1.82, 2.24) is 4.98 Å². The lowest BCUT2D eigenvalue weighted by Gasteiger charge is -2.23. The van der Waals surface area contributed by atoms with Crippen LogP contribution in [-0.4, -0.2) is 28.4 Å². The minimum Gasteiger partial charge on any atom is -0.397 e. The number of hydrogen-bond acceptors (Lipinski definition) is 5. The second-order valence-electron chi connectivity index (χ2n) is 4.08. The predicted octanol–water partition coefficient (Wildman–Crippen LogP) is 1.07. The van der Waals surface area contributed by atoms with Crippen molar-refractivity contribution in [1.29, 1.82) is 0 Å². The number of aromatic nitrogens is 1. The summed E-state index contributed by atoms with van der Waals surface area (Å²) in [5.41, 5.74) is 11.5. The van der Waals surface area contributed by atoms with Crippen LogP contribution in [0, 0.1) is 0 Å². The van der Waals surface area contributed by atoms with E-state index in [0.29, 0.717) is 23.1 Å². The van der Waals surface area contributed by atoms with Gasteiger partial charge in [-0.1, -0.05) is 0 Å². The number of amides is 1. The lowest BCUT2D eigenvalue weighted by atomic mass is 10.1. The van der Waals surface area contributed by atoms with Gasteiger partial charge >= 0.3 is 0 Å². The molecule has 2 heterocycles. The molecule has 0 aromatic carbocycles. The fourth-order valence-corrected chi connectivity index (χ4v) is 2.89. The first kappa shape index (κ1) is 12.0. The van der Waals surface area contributed by atoms with Crippen LogP contribution in [0.3, 0.4) is 0 Å². The molecule has 1 saturated heterocycles. The molecule has 1 unspecified atom stereocenters. The van der Waals surface area contributed by atoms with E-state index < -0.39 is 5.91 Å². The zero-order valence-corrected chi connectivity index (χ0v) is 10.3. The first-order valence-corrected chi connectivity index (χ1v) is 6.72. The molecular formula is C11H16N4OS. The van der Waals surface area contributed by atoms with E-state index in [0.717, 1.165) is 12.2 Å². The zero-order valence-electron chi connectivity index (χ0n) is 9.48. The highest BCUT2D eigenvalue weighted by atomic mass is 32.2. The van der Waals surface area contributed by atoms with Crippen LogP contribution in [0.25, 0.3) is 0 Å². The number of anilines is 2. The molecule has 5 N–H and O–H groups in total. The number of carbonyl (C=O) groups excluding carboxylic acids is 1. The summed E-state index contributed by atoms with van der Waals surface area (Å²) < 4.78 is 0. The standard InChI is InChI=1S/C11H16N4OS/c12-9-5-14-10(4-8(9)11(13)16)15-7-2-1-3-17-6-7/h4-5,7H,1-3,6,12H2,(H2,13,16)(H,14,15). The Balaban J connectivity index is 2.10. The highest BCUT2D eigenvalue weighted by molar-refractivity contribution is 7.99. The highest BCUT2D eigenvalue weighted by Gasteiger charge is 2.15. The van der Waals surface area contributed by atoms with Gasteiger partial charge in [0, 0.05) is 11.8 Å². The molecule has 1 aromatic rings. The van der Waals surface area contributed by atoms with Crippen LogP contribution in [0.1, 0.15) is 23.2 Å². The number of primary amides is 1. The number of thioether (sulfide) groups is 1. The van der Waals surface area contributed by atoms with Crippen LogP contribution in [0.2, 0.25) is 0 Å². The maximum Gasteiger partial charge on any atom is 0.250 e. The van der Waals surface area contributed by atoms with E-state index in [1.807, 2.05) is 11.8 Å². The van der Waals surface area contributed by atoms with E-state index in [-0.39, 0.29) is 0 Å². The molecule has 1 aromatic heterocycles. The molecule has 0 spiro atoms. The van der Waals surface area contributed by atoms with Gasteiger partial charge in [0.05, 0.1) is 17.4 Å². The molecule has 0 saturated carbocycles. The van der Waals surface area contributed by atoms with Gasteiger partial charge in [0.15, 0.2) is 0 Å². The number of nitrogens with one attached hydrogen (secondary N) is 1. The van der Waals surface area contributed by atoms with Crippen LogP contribution in [-0.2, 0) is 0 Å². The number of nitrogens with zero attached hydrogens (tertiary/aromatic N) is 1. The summed E-state index contributed by atoms with van der Waals surface area (Å²) in [5, 5.41) is 3.31. The first-order valence-electron chi connectivity index (χ1n) is 5.56. The summed E-state index contributed by atoms with van der Waals surface area (Å²) in [6.07, 6.45) is 3.81. The van der Waals surface area contributed by atoms with Crippen LogP contribution in [0.4, 0.5) is 11.5 Å². The molecule has 0 bridgehead atoms. The van der Waals surface area contributed by atoms with E-state index in [4.69, 9.17) is 11.5 Å². The van der Waals surface area contributed by atoms with Crippen molar-refractivity contribution >= 4 is 29.2 Å². The fourth-order valence-electron chi connectivity index (χ4n) is 1.82. The molecule has 1 aliphatic heterocycles. The van der Waals surface area contributed by atoms with Crippen LogP contribution in [0.15, 0.2) is 12.3 Å². The van der Waals surface area contributed by atoms with Gasteiger partial charge in [0.25, 0.3) is 5.91 Å². The Hall–Kier alpha value is -1.43. The van der Waals surface area contributed by atoms with Crippen molar-refractivity contribution in [3.05, 3.63) is 17.8 Å². The van der Waals surface area contributed by atoms with Crippen LogP contribution < -0.4 is 16.8 Å². The summed E-state index contributed by atoms with van der Waals surface area (Å²) in [5.74, 6) is 2.43. The van der Waals surface area contributed by atoms with Crippen molar-refractivity contribution in [2.24, 2.45) is 5.73 Å². The van der Waals surface area contributed by atoms with Gasteiger partial charge in [-0.15, -0.1) is 0 Å². The van der Waals surface area contributed by atoms with Crippen molar-refractivity contribution in [2.75, 3.05) is 22.6 Å². The van der Waals surface area contributed by atoms with E-state index in [2.05, 4.69) is 10.3 Å². The third-order valence-corrected chi connectivity index (χ3v) is 3.93. The van der Waals surface area contributed by atoms with Crippen molar-refractivity contribution in [3.8, 4) is 0 Å². The molecule has 5 nitrogen and oxygen atoms in total. The predicted molar refractivity (Wildman–Crippen MR) is 71.1 cm³/mol. The molecule has 92 valence electrons. The molecule has 0 radical (unpaired) electrons. The Labute approximate surface area is 104 Å². The average molecular weight is 252 g/mol. The quantitative estimate of drug-likeness (QED) is 0.748. The van der Waals surface area contributed by atoms with Crippen molar-refractivity contribution in [3.63, 3.8) is 0 Å². The molecule has 1 amide bonds. The van der Waals surface area contributed by atoms with E-state index >= 15 is 0 Å². The minimum atomic E-state index is -0.522. The molecule has 6 heteroatoms. The summed E-state index contributed by atoms with van der Waals surface area (Å²) in [6.45, 7) is 0. The minimum absolute atomic E-state index is 0.320. The van der Waals surface area contributed by atoms with Crippen LogP contribution in [0.5, 0.6) is 0 Å². The van der Waals surface area contributed by atoms with E-state index in [1.165, 1.54) is 18.4 Å². The molecule has 1 aliphatic rings. The molecule has 1 atom stereocenters. The number of nitrogens with two attached hydrogens (primary N) is 2. The number of nitrogen functional groups attached to an aromatic ring is 1. The Morgan fingerprint density at radius 2 is 2.41 bits per heavy atom. The number of carbonyl (C=O) groups is 1. The van der Waals surface area contributed by atoms with Crippen molar-refractivity contribution < 1.29 is 4.79 Å². The Bertz CT molecular complexity index is 418. The third-order valence-electron chi connectivity index (χ3n) is 2.71. The Morgan fingerprint density at radius 1 is 1.59 bits per heavy atom. The van der Waals surface area contributed by atoms with Gasteiger partial charge in [-0.3, -0.25) is 4.79 Å². The van der Waals surface area contributed by atoms with Gasteiger partial charge in [0.2, 0.25) is 0 Å². The number of hydrogen-bond donors (Lipinski definition) is 3. The normalized spacial score (nSPS) is 19.9. The molecule has 0 aliphatic carbocycles. The van der Waals surface area contributed by atoms with E-state index in [9.17, 15) is 4.79 Å². The largest absolute Gasteiger partial charge is 0.397 e. The lowest BCUT2D eigenvalue weighted by Crippen LogP contribution is -2.26. The lowest BCUT2D eigenvalue weighted by molar-refractivity contribution is 0.100.